The van der Waals surface area contributed by atoms with E-state index in [0.29, 0.717) is 6.42 Å². The fourth-order valence-electron chi connectivity index (χ4n) is 4.38. The number of benzene rings is 2. The molecule has 1 amide bonds. The van der Waals surface area contributed by atoms with Gasteiger partial charge in [0, 0.05) is 42.2 Å². The normalized spacial score (nSPS) is 19.2. The highest BCUT2D eigenvalue weighted by atomic mass is 35.5. The highest BCUT2D eigenvalue weighted by Crippen LogP contribution is 2.47. The molecule has 1 heterocycles. The van der Waals surface area contributed by atoms with Crippen LogP contribution in [0.15, 0.2) is 53.7 Å². The van der Waals surface area contributed by atoms with Gasteiger partial charge in [0.15, 0.2) is 5.78 Å². The minimum atomic E-state index is -4.65. The molecule has 0 aromatic heterocycles. The fourth-order valence-corrected chi connectivity index (χ4v) is 4.59. The molecule has 0 spiro atoms. The van der Waals surface area contributed by atoms with Crippen molar-refractivity contribution >= 4 is 34.7 Å². The molecule has 2 aromatic rings. The van der Waals surface area contributed by atoms with E-state index in [1.165, 1.54) is 30.3 Å². The Labute approximate surface area is 185 Å². The van der Waals surface area contributed by atoms with Gasteiger partial charge in [-0.2, -0.15) is 13.2 Å². The number of non-ortho nitro benzene ring substituents is 1. The summed E-state index contributed by atoms with van der Waals surface area (Å²) in [6.07, 6.45) is -4.23. The lowest BCUT2D eigenvalue weighted by atomic mass is 9.76. The minimum Gasteiger partial charge on any atom is -0.294 e. The van der Waals surface area contributed by atoms with Crippen LogP contribution < -0.4 is 4.90 Å². The molecule has 0 saturated carbocycles. The Morgan fingerprint density at radius 2 is 1.81 bits per heavy atom. The summed E-state index contributed by atoms with van der Waals surface area (Å²) >= 11 is 6.23. The summed E-state index contributed by atoms with van der Waals surface area (Å²) in [5.41, 5.74) is -0.913. The molecule has 0 N–H and O–H groups in total. The van der Waals surface area contributed by atoms with E-state index in [4.69, 9.17) is 11.6 Å². The number of rotatable bonds is 3. The number of carbonyl (C=O) groups excluding carboxylic acids is 2. The summed E-state index contributed by atoms with van der Waals surface area (Å²) in [4.78, 5) is 37.8. The molecule has 4 rings (SSSR count). The lowest BCUT2D eigenvalue weighted by Gasteiger charge is -2.39. The van der Waals surface area contributed by atoms with Crippen LogP contribution in [0.3, 0.4) is 0 Å². The van der Waals surface area contributed by atoms with Crippen molar-refractivity contribution in [3.05, 3.63) is 80.0 Å². The van der Waals surface area contributed by atoms with Gasteiger partial charge in [-0.3, -0.25) is 24.6 Å². The predicted octanol–water partition coefficient (Wildman–Crippen LogP) is 5.79. The van der Waals surface area contributed by atoms with Crippen LogP contribution in [-0.4, -0.2) is 16.6 Å². The first-order valence-electron chi connectivity index (χ1n) is 9.79. The van der Waals surface area contributed by atoms with Gasteiger partial charge in [-0.15, -0.1) is 0 Å². The Bertz CT molecular complexity index is 1180. The largest absolute Gasteiger partial charge is 0.416 e. The van der Waals surface area contributed by atoms with E-state index in [9.17, 15) is 32.9 Å². The van der Waals surface area contributed by atoms with Crippen molar-refractivity contribution in [1.82, 2.24) is 0 Å². The van der Waals surface area contributed by atoms with Crippen molar-refractivity contribution in [2.45, 2.75) is 37.8 Å². The molecule has 2 aromatic carbocycles. The first-order chi connectivity index (χ1) is 15.1. The molecule has 2 aliphatic rings. The zero-order valence-electron chi connectivity index (χ0n) is 16.5. The first-order valence-corrected chi connectivity index (χ1v) is 10.2. The summed E-state index contributed by atoms with van der Waals surface area (Å²) in [5, 5.41) is 11.3. The number of ketones is 1. The third-order valence-corrected chi connectivity index (χ3v) is 6.02. The van der Waals surface area contributed by atoms with E-state index in [1.807, 2.05) is 0 Å². The van der Waals surface area contributed by atoms with Gasteiger partial charge in [0.2, 0.25) is 5.91 Å². The highest BCUT2D eigenvalue weighted by molar-refractivity contribution is 6.34. The van der Waals surface area contributed by atoms with E-state index < -0.39 is 34.9 Å². The van der Waals surface area contributed by atoms with Gasteiger partial charge in [0.05, 0.1) is 21.2 Å². The number of nitro groups is 1. The number of Topliss-reactive ketones (excluding diaryl/α,β-unsaturated/α-hetero) is 1. The molecule has 0 radical (unpaired) electrons. The van der Waals surface area contributed by atoms with Crippen LogP contribution in [0.1, 0.15) is 42.7 Å². The molecular formula is C22H16ClF3N2O4. The third kappa shape index (κ3) is 3.77. The molecule has 6 nitrogen and oxygen atoms in total. The summed E-state index contributed by atoms with van der Waals surface area (Å²) < 4.78 is 41.0. The lowest BCUT2D eigenvalue weighted by Crippen LogP contribution is -2.41. The van der Waals surface area contributed by atoms with Crippen molar-refractivity contribution in [3.63, 3.8) is 0 Å². The Balaban J connectivity index is 1.92. The highest BCUT2D eigenvalue weighted by Gasteiger charge is 2.44. The van der Waals surface area contributed by atoms with Gasteiger partial charge in [-0.25, -0.2) is 0 Å². The lowest BCUT2D eigenvalue weighted by molar-refractivity contribution is -0.384. The second-order valence-electron chi connectivity index (χ2n) is 7.60. The molecule has 10 heteroatoms. The number of nitrogens with zero attached hydrogens (tertiary/aromatic N) is 2. The van der Waals surface area contributed by atoms with E-state index >= 15 is 0 Å². The molecular weight excluding hydrogens is 449 g/mol. The molecule has 32 heavy (non-hydrogen) atoms. The maximum atomic E-state index is 13.7. The Kier molecular flexibility index (Phi) is 5.54. The van der Waals surface area contributed by atoms with E-state index in [0.717, 1.165) is 17.0 Å². The number of hydrogen-bond donors (Lipinski definition) is 0. The quantitative estimate of drug-likeness (QED) is 0.425. The summed E-state index contributed by atoms with van der Waals surface area (Å²) in [7, 11) is 0. The number of anilines is 1. The maximum Gasteiger partial charge on any atom is 0.416 e. The van der Waals surface area contributed by atoms with Crippen molar-refractivity contribution in [2.24, 2.45) is 0 Å². The van der Waals surface area contributed by atoms with Crippen molar-refractivity contribution < 1.29 is 27.7 Å². The van der Waals surface area contributed by atoms with Crippen molar-refractivity contribution in [2.75, 3.05) is 4.90 Å². The Morgan fingerprint density at radius 1 is 1.09 bits per heavy atom. The van der Waals surface area contributed by atoms with Crippen molar-refractivity contribution in [3.8, 4) is 0 Å². The second kappa shape index (κ2) is 8.05. The van der Waals surface area contributed by atoms with Crippen LogP contribution in [-0.2, 0) is 15.8 Å². The molecule has 1 aliphatic heterocycles. The summed E-state index contributed by atoms with van der Waals surface area (Å²) in [6.45, 7) is 0. The summed E-state index contributed by atoms with van der Waals surface area (Å²) in [5.74, 6) is -1.98. The molecule has 0 fully saturated rings. The molecule has 1 atom stereocenters. The van der Waals surface area contributed by atoms with Crippen LogP contribution in [0.25, 0.3) is 0 Å². The number of nitro benzene ring substituents is 1. The van der Waals surface area contributed by atoms with Crippen LogP contribution in [0.4, 0.5) is 24.5 Å². The summed E-state index contributed by atoms with van der Waals surface area (Å²) in [6, 6.07) is 8.49. The standard InChI is InChI=1S/C22H16ClF3N2O4/c23-16-9-8-12(28(31)32)10-18(16)27-17-6-3-7-19(29)21(17)14(11-20(27)30)13-4-1-2-5-15(13)22(24,25)26/h1-2,4-5,8-10,14H,3,6-7,11H2. The fraction of sp³-hybridized carbons (Fsp3) is 0.273. The molecule has 1 aliphatic carbocycles. The third-order valence-electron chi connectivity index (χ3n) is 5.70. The number of allylic oxidation sites excluding steroid dienone is 2. The zero-order chi connectivity index (χ0) is 23.2. The average molecular weight is 465 g/mol. The monoisotopic (exact) mass is 464 g/mol. The van der Waals surface area contributed by atoms with E-state index in [-0.39, 0.29) is 51.9 Å². The zero-order valence-corrected chi connectivity index (χ0v) is 17.2. The number of halogens is 4. The van der Waals surface area contributed by atoms with Gasteiger partial charge < -0.3 is 0 Å². The molecule has 0 bridgehead atoms. The number of alkyl halides is 3. The smallest absolute Gasteiger partial charge is 0.294 e. The van der Waals surface area contributed by atoms with Gasteiger partial charge in [0.25, 0.3) is 5.69 Å². The van der Waals surface area contributed by atoms with Gasteiger partial charge >= 0.3 is 6.18 Å². The molecule has 166 valence electrons. The second-order valence-corrected chi connectivity index (χ2v) is 8.01. The van der Waals surface area contributed by atoms with Crippen LogP contribution in [0, 0.1) is 10.1 Å². The predicted molar refractivity (Wildman–Crippen MR) is 110 cm³/mol. The Morgan fingerprint density at radius 3 is 2.50 bits per heavy atom. The average Bonchev–Trinajstić information content (AvgIpc) is 2.73. The van der Waals surface area contributed by atoms with E-state index in [1.54, 1.807) is 0 Å². The van der Waals surface area contributed by atoms with Crippen LogP contribution in [0.5, 0.6) is 0 Å². The van der Waals surface area contributed by atoms with Gasteiger partial charge in [-0.1, -0.05) is 29.8 Å². The SMILES string of the molecule is O=C1CCCC2=C1C(c1ccccc1C(F)(F)F)CC(=O)N2c1cc([N+](=O)[O-])ccc1Cl. The topological polar surface area (TPSA) is 80.5 Å². The number of amides is 1. The van der Waals surface area contributed by atoms with Crippen LogP contribution >= 0.6 is 11.6 Å². The molecule has 0 saturated heterocycles. The van der Waals surface area contributed by atoms with Gasteiger partial charge in [-0.05, 0) is 30.5 Å². The molecule has 1 unspecified atom stereocenters. The van der Waals surface area contributed by atoms with Gasteiger partial charge in [0.1, 0.15) is 0 Å². The Hall–Kier alpha value is -3.20. The van der Waals surface area contributed by atoms with Crippen LogP contribution in [0.2, 0.25) is 5.02 Å². The maximum absolute atomic E-state index is 13.7. The number of hydrogen-bond acceptors (Lipinski definition) is 4. The van der Waals surface area contributed by atoms with E-state index in [2.05, 4.69) is 0 Å². The first kappa shape index (κ1) is 22.0. The minimum absolute atomic E-state index is 0.0376. The number of carbonyl (C=O) groups is 2. The van der Waals surface area contributed by atoms with Crippen molar-refractivity contribution in [1.29, 1.82) is 0 Å².